The van der Waals surface area contributed by atoms with Gasteiger partial charge in [-0.15, -0.1) is 0 Å². The number of anilines is 1. The van der Waals surface area contributed by atoms with Gasteiger partial charge in [-0.3, -0.25) is 9.78 Å². The summed E-state index contributed by atoms with van der Waals surface area (Å²) < 4.78 is 0. The average molecular weight is 328 g/mol. The van der Waals surface area contributed by atoms with Gasteiger partial charge in [-0.1, -0.05) is 48.5 Å². The number of amides is 1. The highest BCUT2D eigenvalue weighted by Crippen LogP contribution is 2.15. The first kappa shape index (κ1) is 16.7. The minimum absolute atomic E-state index is 0.0240. The molecule has 25 heavy (non-hydrogen) atoms. The van der Waals surface area contributed by atoms with Crippen LogP contribution in [0.4, 0.5) is 5.69 Å². The number of nitrogens with zero attached hydrogens (tertiary/aromatic N) is 2. The summed E-state index contributed by atoms with van der Waals surface area (Å²) in [6.45, 7) is 0.617. The first-order valence-corrected chi connectivity index (χ1v) is 8.31. The van der Waals surface area contributed by atoms with Crippen LogP contribution in [0, 0.1) is 0 Å². The molecular weight excluding hydrogens is 308 g/mol. The van der Waals surface area contributed by atoms with Crippen molar-refractivity contribution in [2.45, 2.75) is 6.42 Å². The van der Waals surface area contributed by atoms with Gasteiger partial charge in [-0.25, -0.2) is 0 Å². The number of benzene rings is 2. The van der Waals surface area contributed by atoms with Crippen molar-refractivity contribution in [3.05, 3.63) is 102 Å². The van der Waals surface area contributed by atoms with Gasteiger partial charge in [0.05, 0.1) is 0 Å². The molecule has 0 N–H and O–H groups in total. The van der Waals surface area contributed by atoms with E-state index in [1.54, 1.807) is 23.4 Å². The summed E-state index contributed by atoms with van der Waals surface area (Å²) >= 11 is 0. The van der Waals surface area contributed by atoms with Gasteiger partial charge < -0.3 is 4.90 Å². The molecule has 0 radical (unpaired) electrons. The summed E-state index contributed by atoms with van der Waals surface area (Å²) in [5, 5.41) is 0. The van der Waals surface area contributed by atoms with Crippen LogP contribution in [0.2, 0.25) is 0 Å². The Morgan fingerprint density at radius 3 is 2.20 bits per heavy atom. The van der Waals surface area contributed by atoms with Crippen LogP contribution >= 0.6 is 0 Å². The van der Waals surface area contributed by atoms with E-state index >= 15 is 0 Å². The fraction of sp³-hybridized carbons (Fsp3) is 0.0909. The number of rotatable bonds is 6. The van der Waals surface area contributed by atoms with E-state index in [0.717, 1.165) is 23.2 Å². The Labute approximate surface area is 148 Å². The van der Waals surface area contributed by atoms with E-state index in [1.807, 2.05) is 78.9 Å². The second-order valence-corrected chi connectivity index (χ2v) is 5.67. The van der Waals surface area contributed by atoms with Crippen LogP contribution < -0.4 is 4.90 Å². The molecule has 3 heteroatoms. The van der Waals surface area contributed by atoms with Crippen LogP contribution in [0.25, 0.3) is 6.08 Å². The molecule has 3 nitrogen and oxygen atoms in total. The smallest absolute Gasteiger partial charge is 0.250 e. The Kier molecular flexibility index (Phi) is 5.73. The Hall–Kier alpha value is -3.20. The molecule has 0 aliphatic rings. The van der Waals surface area contributed by atoms with E-state index < -0.39 is 0 Å². The van der Waals surface area contributed by atoms with Crippen LogP contribution in [-0.4, -0.2) is 17.4 Å². The molecule has 0 saturated carbocycles. The zero-order valence-corrected chi connectivity index (χ0v) is 14.0. The van der Waals surface area contributed by atoms with Crippen molar-refractivity contribution in [2.24, 2.45) is 0 Å². The van der Waals surface area contributed by atoms with Gasteiger partial charge in [0.2, 0.25) is 0 Å². The molecule has 0 atom stereocenters. The molecule has 0 unspecified atom stereocenters. The standard InChI is InChI=1S/C22H20N2O/c25-22(12-11-19-7-3-1-4-8-19)24(21-9-5-2-6-10-21)18-15-20-13-16-23-17-14-20/h1-14,16-17H,15,18H2/b12-11+. The molecule has 3 aromatic rings. The van der Waals surface area contributed by atoms with Gasteiger partial charge in [0.25, 0.3) is 5.91 Å². The maximum Gasteiger partial charge on any atom is 0.250 e. The van der Waals surface area contributed by atoms with Crippen LogP contribution in [0.15, 0.2) is 91.3 Å². The van der Waals surface area contributed by atoms with E-state index in [1.165, 1.54) is 0 Å². The Morgan fingerprint density at radius 2 is 1.52 bits per heavy atom. The van der Waals surface area contributed by atoms with Crippen molar-refractivity contribution < 1.29 is 4.79 Å². The molecule has 1 heterocycles. The quantitative estimate of drug-likeness (QED) is 0.630. The lowest BCUT2D eigenvalue weighted by molar-refractivity contribution is -0.114. The van der Waals surface area contributed by atoms with E-state index in [2.05, 4.69) is 4.98 Å². The first-order valence-electron chi connectivity index (χ1n) is 8.31. The van der Waals surface area contributed by atoms with E-state index in [-0.39, 0.29) is 5.91 Å². The summed E-state index contributed by atoms with van der Waals surface area (Å²) in [4.78, 5) is 18.6. The SMILES string of the molecule is O=C(/C=C/c1ccccc1)N(CCc1ccncc1)c1ccccc1. The second kappa shape index (κ2) is 8.60. The lowest BCUT2D eigenvalue weighted by Crippen LogP contribution is -2.31. The number of carbonyl (C=O) groups is 1. The number of para-hydroxylation sites is 1. The highest BCUT2D eigenvalue weighted by Gasteiger charge is 2.12. The number of hydrogen-bond donors (Lipinski definition) is 0. The van der Waals surface area contributed by atoms with Crippen LogP contribution in [0.1, 0.15) is 11.1 Å². The van der Waals surface area contributed by atoms with E-state index in [4.69, 9.17) is 0 Å². The monoisotopic (exact) mass is 328 g/mol. The predicted molar refractivity (Wildman–Crippen MR) is 102 cm³/mol. The molecule has 2 aromatic carbocycles. The Bertz CT molecular complexity index is 814. The third-order valence-electron chi connectivity index (χ3n) is 3.93. The molecule has 1 aromatic heterocycles. The van der Waals surface area contributed by atoms with Gasteiger partial charge in [0.15, 0.2) is 0 Å². The zero-order chi connectivity index (χ0) is 17.3. The molecule has 0 spiro atoms. The lowest BCUT2D eigenvalue weighted by Gasteiger charge is -2.21. The predicted octanol–water partition coefficient (Wildman–Crippen LogP) is 4.37. The molecule has 3 rings (SSSR count). The minimum atomic E-state index is -0.0240. The molecule has 124 valence electrons. The van der Waals surface area contributed by atoms with Crippen molar-refractivity contribution in [3.8, 4) is 0 Å². The van der Waals surface area contributed by atoms with Crippen molar-refractivity contribution in [2.75, 3.05) is 11.4 Å². The van der Waals surface area contributed by atoms with Crippen molar-refractivity contribution >= 4 is 17.7 Å². The second-order valence-electron chi connectivity index (χ2n) is 5.67. The van der Waals surface area contributed by atoms with Gasteiger partial charge in [-0.2, -0.15) is 0 Å². The minimum Gasteiger partial charge on any atom is -0.309 e. The largest absolute Gasteiger partial charge is 0.309 e. The van der Waals surface area contributed by atoms with Crippen molar-refractivity contribution in [3.63, 3.8) is 0 Å². The number of carbonyl (C=O) groups excluding carboxylic acids is 1. The third-order valence-corrected chi connectivity index (χ3v) is 3.93. The normalized spacial score (nSPS) is 10.7. The summed E-state index contributed by atoms with van der Waals surface area (Å²) in [6, 6.07) is 23.6. The number of pyridine rings is 1. The zero-order valence-electron chi connectivity index (χ0n) is 14.0. The highest BCUT2D eigenvalue weighted by atomic mass is 16.2. The van der Waals surface area contributed by atoms with Crippen molar-refractivity contribution in [1.29, 1.82) is 0 Å². The maximum atomic E-state index is 12.8. The van der Waals surface area contributed by atoms with Crippen molar-refractivity contribution in [1.82, 2.24) is 4.98 Å². The molecule has 0 fully saturated rings. The lowest BCUT2D eigenvalue weighted by atomic mass is 10.1. The highest BCUT2D eigenvalue weighted by molar-refractivity contribution is 6.03. The molecule has 1 amide bonds. The number of hydrogen-bond acceptors (Lipinski definition) is 2. The molecular formula is C22H20N2O. The molecule has 0 aliphatic heterocycles. The molecule has 0 saturated heterocycles. The number of aromatic nitrogens is 1. The van der Waals surface area contributed by atoms with Gasteiger partial charge in [0.1, 0.15) is 0 Å². The maximum absolute atomic E-state index is 12.8. The van der Waals surface area contributed by atoms with Gasteiger partial charge in [-0.05, 0) is 47.9 Å². The summed E-state index contributed by atoms with van der Waals surface area (Å²) in [5.41, 5.74) is 3.08. The fourth-order valence-electron chi connectivity index (χ4n) is 2.59. The van der Waals surface area contributed by atoms with E-state index in [9.17, 15) is 4.79 Å². The van der Waals surface area contributed by atoms with Gasteiger partial charge in [0, 0.05) is 30.7 Å². The fourth-order valence-corrected chi connectivity index (χ4v) is 2.59. The van der Waals surface area contributed by atoms with Crippen LogP contribution in [-0.2, 0) is 11.2 Å². The van der Waals surface area contributed by atoms with Crippen LogP contribution in [0.3, 0.4) is 0 Å². The Morgan fingerprint density at radius 1 is 0.880 bits per heavy atom. The van der Waals surface area contributed by atoms with Crippen LogP contribution in [0.5, 0.6) is 0 Å². The summed E-state index contributed by atoms with van der Waals surface area (Å²) in [6.07, 6.45) is 7.82. The topological polar surface area (TPSA) is 33.2 Å². The van der Waals surface area contributed by atoms with E-state index in [0.29, 0.717) is 6.54 Å². The third kappa shape index (κ3) is 4.88. The van der Waals surface area contributed by atoms with Gasteiger partial charge >= 0.3 is 0 Å². The first-order chi connectivity index (χ1) is 12.3. The molecule has 0 aliphatic carbocycles. The summed E-state index contributed by atoms with van der Waals surface area (Å²) in [5.74, 6) is -0.0240. The Balaban J connectivity index is 1.76. The summed E-state index contributed by atoms with van der Waals surface area (Å²) in [7, 11) is 0. The average Bonchev–Trinajstić information content (AvgIpc) is 2.69. The molecule has 0 bridgehead atoms.